The number of hydrogen-bond acceptors (Lipinski definition) is 3. The van der Waals surface area contributed by atoms with Crippen LogP contribution in [0.15, 0.2) is 16.7 Å². The first-order valence-corrected chi connectivity index (χ1v) is 5.01. The Kier molecular flexibility index (Phi) is 2.15. The molecule has 0 saturated heterocycles. The lowest BCUT2D eigenvalue weighted by Gasteiger charge is -2.03. The monoisotopic (exact) mass is 268 g/mol. The number of fused-ring (bicyclic) bond motifs is 1. The number of nitrogens with two attached hydrogens (primary N) is 2. The van der Waals surface area contributed by atoms with E-state index in [4.69, 9.17) is 11.5 Å². The predicted molar refractivity (Wildman–Crippen MR) is 61.3 cm³/mol. The van der Waals surface area contributed by atoms with Gasteiger partial charge in [-0.25, -0.2) is 0 Å². The summed E-state index contributed by atoms with van der Waals surface area (Å²) in [5, 5.41) is 4.87. The topological polar surface area (TPSA) is 86.9 Å². The average Bonchev–Trinajstić information content (AvgIpc) is 2.45. The summed E-state index contributed by atoms with van der Waals surface area (Å²) in [4.78, 5) is 11.2. The number of aryl methyl sites for hydroxylation is 1. The van der Waals surface area contributed by atoms with Crippen molar-refractivity contribution >= 4 is 38.4 Å². The van der Waals surface area contributed by atoms with Crippen LogP contribution >= 0.6 is 15.9 Å². The minimum Gasteiger partial charge on any atom is -0.398 e. The number of aromatic nitrogens is 2. The summed E-state index contributed by atoms with van der Waals surface area (Å²) in [5.41, 5.74) is 12.4. The second-order valence-corrected chi connectivity index (χ2v) is 4.11. The van der Waals surface area contributed by atoms with Crippen molar-refractivity contribution < 1.29 is 4.79 Å². The molecule has 1 heterocycles. The first kappa shape index (κ1) is 9.97. The van der Waals surface area contributed by atoms with E-state index >= 15 is 0 Å². The zero-order chi connectivity index (χ0) is 11.2. The predicted octanol–water partition coefficient (Wildman–Crippen LogP) is 1.02. The number of carbonyl (C=O) groups is 1. The molecular weight excluding hydrogens is 260 g/mol. The summed E-state index contributed by atoms with van der Waals surface area (Å²) >= 11 is 3.34. The molecule has 2 aromatic rings. The van der Waals surface area contributed by atoms with E-state index in [0.717, 1.165) is 4.47 Å². The molecule has 1 amide bonds. The fourth-order valence-corrected chi connectivity index (χ4v) is 2.09. The number of nitrogens with zero attached hydrogens (tertiary/aromatic N) is 2. The molecule has 0 atom stereocenters. The summed E-state index contributed by atoms with van der Waals surface area (Å²) in [6, 6.07) is 1.63. The Morgan fingerprint density at radius 2 is 2.27 bits per heavy atom. The van der Waals surface area contributed by atoms with E-state index < -0.39 is 5.91 Å². The molecule has 0 bridgehead atoms. The highest BCUT2D eigenvalue weighted by molar-refractivity contribution is 9.10. The molecule has 1 aromatic carbocycles. The number of rotatable bonds is 1. The molecule has 0 aliphatic heterocycles. The second-order valence-electron chi connectivity index (χ2n) is 3.25. The first-order valence-electron chi connectivity index (χ1n) is 4.22. The molecular formula is C9H9BrN4O. The van der Waals surface area contributed by atoms with Gasteiger partial charge in [-0.05, 0) is 22.0 Å². The van der Waals surface area contributed by atoms with Crippen molar-refractivity contribution in [3.63, 3.8) is 0 Å². The molecule has 0 aliphatic rings. The summed E-state index contributed by atoms with van der Waals surface area (Å²) in [7, 11) is 1.77. The van der Waals surface area contributed by atoms with Crippen LogP contribution < -0.4 is 11.5 Å². The van der Waals surface area contributed by atoms with Gasteiger partial charge in [0.05, 0.1) is 5.56 Å². The summed E-state index contributed by atoms with van der Waals surface area (Å²) in [5.74, 6) is -0.544. The van der Waals surface area contributed by atoms with Crippen molar-refractivity contribution in [3.05, 3.63) is 22.3 Å². The highest BCUT2D eigenvalue weighted by Gasteiger charge is 2.15. The number of halogens is 1. The maximum Gasteiger partial charge on any atom is 0.251 e. The molecule has 78 valence electrons. The molecule has 0 aliphatic carbocycles. The van der Waals surface area contributed by atoms with Crippen LogP contribution in [0.2, 0.25) is 0 Å². The second kappa shape index (κ2) is 3.23. The zero-order valence-electron chi connectivity index (χ0n) is 7.99. The van der Waals surface area contributed by atoms with Gasteiger partial charge in [-0.15, -0.1) is 0 Å². The third-order valence-electron chi connectivity index (χ3n) is 2.14. The van der Waals surface area contributed by atoms with Crippen LogP contribution in [0.4, 0.5) is 5.69 Å². The Labute approximate surface area is 94.2 Å². The molecule has 0 spiro atoms. The maximum absolute atomic E-state index is 11.2. The van der Waals surface area contributed by atoms with Gasteiger partial charge in [0.2, 0.25) is 0 Å². The molecule has 6 heteroatoms. The quantitative estimate of drug-likeness (QED) is 0.757. The lowest BCUT2D eigenvalue weighted by molar-refractivity contribution is 0.100. The van der Waals surface area contributed by atoms with Crippen molar-refractivity contribution in [2.24, 2.45) is 12.8 Å². The number of carbonyl (C=O) groups excluding carboxylic acids is 1. The van der Waals surface area contributed by atoms with E-state index in [0.29, 0.717) is 22.2 Å². The fourth-order valence-electron chi connectivity index (χ4n) is 1.56. The van der Waals surface area contributed by atoms with Gasteiger partial charge in [0.15, 0.2) is 0 Å². The highest BCUT2D eigenvalue weighted by atomic mass is 79.9. The van der Waals surface area contributed by atoms with Gasteiger partial charge in [-0.1, -0.05) is 0 Å². The van der Waals surface area contributed by atoms with E-state index in [2.05, 4.69) is 21.0 Å². The number of nitrogen functional groups attached to an aromatic ring is 1. The summed E-state index contributed by atoms with van der Waals surface area (Å²) < 4.78 is 2.36. The minimum absolute atomic E-state index is 0.321. The normalized spacial score (nSPS) is 10.8. The number of amides is 1. The third kappa shape index (κ3) is 1.46. The van der Waals surface area contributed by atoms with Crippen LogP contribution in [0.3, 0.4) is 0 Å². The van der Waals surface area contributed by atoms with Gasteiger partial charge in [-0.2, -0.15) is 5.10 Å². The maximum atomic E-state index is 11.2. The van der Waals surface area contributed by atoms with Gasteiger partial charge < -0.3 is 11.5 Å². The fraction of sp³-hybridized carbons (Fsp3) is 0.111. The number of primary amides is 1. The Bertz CT molecular complexity index is 561. The number of anilines is 1. The molecule has 0 saturated carbocycles. The Morgan fingerprint density at radius 1 is 1.60 bits per heavy atom. The zero-order valence-corrected chi connectivity index (χ0v) is 9.58. The van der Waals surface area contributed by atoms with Crippen LogP contribution in [0.5, 0.6) is 0 Å². The number of benzene rings is 1. The van der Waals surface area contributed by atoms with E-state index in [1.165, 1.54) is 0 Å². The summed E-state index contributed by atoms with van der Waals surface area (Å²) in [6.07, 6.45) is 1.72. The molecule has 0 fully saturated rings. The molecule has 15 heavy (non-hydrogen) atoms. The average molecular weight is 269 g/mol. The molecule has 5 nitrogen and oxygen atoms in total. The van der Waals surface area contributed by atoms with Gasteiger partial charge in [-0.3, -0.25) is 9.48 Å². The number of hydrogen-bond donors (Lipinski definition) is 2. The minimum atomic E-state index is -0.544. The smallest absolute Gasteiger partial charge is 0.251 e. The Balaban J connectivity index is 2.95. The van der Waals surface area contributed by atoms with Gasteiger partial charge in [0, 0.05) is 28.8 Å². The van der Waals surface area contributed by atoms with E-state index in [1.807, 2.05) is 0 Å². The highest BCUT2D eigenvalue weighted by Crippen LogP contribution is 2.30. The van der Waals surface area contributed by atoms with Crippen molar-refractivity contribution in [1.29, 1.82) is 0 Å². The van der Waals surface area contributed by atoms with Crippen LogP contribution in [0.25, 0.3) is 10.9 Å². The first-order chi connectivity index (χ1) is 7.00. The van der Waals surface area contributed by atoms with E-state index in [1.54, 1.807) is 24.0 Å². The van der Waals surface area contributed by atoms with E-state index in [-0.39, 0.29) is 0 Å². The Morgan fingerprint density at radius 3 is 2.87 bits per heavy atom. The Hall–Kier alpha value is -1.56. The van der Waals surface area contributed by atoms with Gasteiger partial charge in [0.25, 0.3) is 5.91 Å². The lowest BCUT2D eigenvalue weighted by Crippen LogP contribution is -2.13. The van der Waals surface area contributed by atoms with E-state index in [9.17, 15) is 4.79 Å². The lowest BCUT2D eigenvalue weighted by atomic mass is 10.1. The van der Waals surface area contributed by atoms with Crippen molar-refractivity contribution in [3.8, 4) is 0 Å². The van der Waals surface area contributed by atoms with Gasteiger partial charge >= 0.3 is 0 Å². The van der Waals surface area contributed by atoms with Crippen LogP contribution in [-0.4, -0.2) is 15.7 Å². The molecule has 2 rings (SSSR count). The van der Waals surface area contributed by atoms with Gasteiger partial charge in [0.1, 0.15) is 5.52 Å². The molecule has 4 N–H and O–H groups in total. The SMILES string of the molecule is Cn1cc2c(C(N)=O)c(N)cc(Br)c2n1. The molecule has 0 radical (unpaired) electrons. The standard InChI is InChI=1S/C9H9BrN4O/c1-14-3-4-7(9(12)15)6(11)2-5(10)8(4)13-14/h2-3H,11H2,1H3,(H2,12,15). The van der Waals surface area contributed by atoms with Crippen molar-refractivity contribution in [2.75, 3.05) is 5.73 Å². The van der Waals surface area contributed by atoms with Crippen molar-refractivity contribution in [1.82, 2.24) is 9.78 Å². The third-order valence-corrected chi connectivity index (χ3v) is 2.75. The van der Waals surface area contributed by atoms with Crippen LogP contribution in [0, 0.1) is 0 Å². The largest absolute Gasteiger partial charge is 0.398 e. The summed E-state index contributed by atoms with van der Waals surface area (Å²) in [6.45, 7) is 0. The van der Waals surface area contributed by atoms with Crippen LogP contribution in [0.1, 0.15) is 10.4 Å². The molecule has 1 aromatic heterocycles. The molecule has 0 unspecified atom stereocenters. The van der Waals surface area contributed by atoms with Crippen molar-refractivity contribution in [2.45, 2.75) is 0 Å². The van der Waals surface area contributed by atoms with Crippen LogP contribution in [-0.2, 0) is 7.05 Å².